The van der Waals surface area contributed by atoms with Crippen molar-refractivity contribution in [3.05, 3.63) is 65.7 Å². The lowest BCUT2D eigenvalue weighted by molar-refractivity contribution is -0.128. The highest BCUT2D eigenvalue weighted by Gasteiger charge is 2.08. The summed E-state index contributed by atoms with van der Waals surface area (Å²) in [4.78, 5) is 35.4. The average Bonchev–Trinajstić information content (AvgIpc) is 2.80. The van der Waals surface area contributed by atoms with E-state index in [9.17, 15) is 14.4 Å². The Morgan fingerprint density at radius 3 is 2.16 bits per heavy atom. The van der Waals surface area contributed by atoms with Crippen LogP contribution >= 0.6 is 0 Å². The maximum absolute atomic E-state index is 11.8. The number of hydrogen-bond donors (Lipinski definition) is 2. The van der Waals surface area contributed by atoms with Crippen molar-refractivity contribution >= 4 is 23.9 Å². The SMILES string of the molecule is CCCOC(=O)c1ccc(OCC(=O)NNC(=O)/C=C/c2ccc(OCC)cc2)cc1. The molecule has 2 aromatic carbocycles. The molecule has 0 spiro atoms. The van der Waals surface area contributed by atoms with Gasteiger partial charge >= 0.3 is 5.97 Å². The summed E-state index contributed by atoms with van der Waals surface area (Å²) >= 11 is 0. The molecule has 0 aromatic heterocycles. The second-order valence-corrected chi connectivity index (χ2v) is 6.32. The summed E-state index contributed by atoms with van der Waals surface area (Å²) in [6, 6.07) is 13.5. The Morgan fingerprint density at radius 2 is 1.52 bits per heavy atom. The fourth-order valence-corrected chi connectivity index (χ4v) is 2.34. The van der Waals surface area contributed by atoms with Gasteiger partial charge in [-0.15, -0.1) is 0 Å². The lowest BCUT2D eigenvalue weighted by Gasteiger charge is -2.08. The quantitative estimate of drug-likeness (QED) is 0.344. The molecule has 2 N–H and O–H groups in total. The number of ether oxygens (including phenoxy) is 3. The predicted molar refractivity (Wildman–Crippen MR) is 115 cm³/mol. The van der Waals surface area contributed by atoms with Crippen LogP contribution in [-0.4, -0.2) is 37.6 Å². The van der Waals surface area contributed by atoms with E-state index < -0.39 is 17.8 Å². The van der Waals surface area contributed by atoms with Crippen LogP contribution in [0.3, 0.4) is 0 Å². The molecule has 8 nitrogen and oxygen atoms in total. The fourth-order valence-electron chi connectivity index (χ4n) is 2.34. The van der Waals surface area contributed by atoms with Crippen LogP contribution in [0, 0.1) is 0 Å². The van der Waals surface area contributed by atoms with E-state index in [4.69, 9.17) is 14.2 Å². The van der Waals surface area contributed by atoms with Gasteiger partial charge in [-0.05, 0) is 61.4 Å². The van der Waals surface area contributed by atoms with Crippen molar-refractivity contribution in [2.24, 2.45) is 0 Å². The van der Waals surface area contributed by atoms with Crippen molar-refractivity contribution in [1.29, 1.82) is 0 Å². The first-order chi connectivity index (χ1) is 15.0. The minimum Gasteiger partial charge on any atom is -0.494 e. The van der Waals surface area contributed by atoms with Gasteiger partial charge in [0.05, 0.1) is 18.8 Å². The van der Waals surface area contributed by atoms with Crippen molar-refractivity contribution in [3.63, 3.8) is 0 Å². The summed E-state index contributed by atoms with van der Waals surface area (Å²) in [7, 11) is 0. The fraction of sp³-hybridized carbons (Fsp3) is 0.261. The van der Waals surface area contributed by atoms with E-state index in [0.29, 0.717) is 24.5 Å². The molecule has 2 aromatic rings. The number of carbonyl (C=O) groups is 3. The van der Waals surface area contributed by atoms with Crippen LogP contribution in [0.2, 0.25) is 0 Å². The van der Waals surface area contributed by atoms with E-state index in [1.807, 2.05) is 26.0 Å². The summed E-state index contributed by atoms with van der Waals surface area (Å²) in [6.45, 7) is 4.46. The predicted octanol–water partition coefficient (Wildman–Crippen LogP) is 2.89. The standard InChI is InChI=1S/C23H26N2O6/c1-3-15-30-23(28)18-8-12-20(13-9-18)31-16-22(27)25-24-21(26)14-7-17-5-10-19(11-6-17)29-4-2/h5-14H,3-4,15-16H2,1-2H3,(H,24,26)(H,25,27)/b14-7+. The van der Waals surface area contributed by atoms with Gasteiger partial charge in [-0.25, -0.2) is 4.79 Å². The molecule has 0 fully saturated rings. The number of esters is 1. The van der Waals surface area contributed by atoms with Crippen LogP contribution in [0.4, 0.5) is 0 Å². The smallest absolute Gasteiger partial charge is 0.338 e. The molecule has 2 rings (SSSR count). The van der Waals surface area contributed by atoms with Crippen LogP contribution < -0.4 is 20.3 Å². The maximum Gasteiger partial charge on any atom is 0.338 e. The molecule has 0 bridgehead atoms. The molecule has 0 radical (unpaired) electrons. The van der Waals surface area contributed by atoms with Gasteiger partial charge in [0, 0.05) is 6.08 Å². The number of hydrazine groups is 1. The van der Waals surface area contributed by atoms with Gasteiger partial charge in [-0.3, -0.25) is 20.4 Å². The zero-order chi connectivity index (χ0) is 22.5. The van der Waals surface area contributed by atoms with Crippen molar-refractivity contribution in [3.8, 4) is 11.5 Å². The van der Waals surface area contributed by atoms with E-state index in [0.717, 1.165) is 17.7 Å². The minimum atomic E-state index is -0.533. The number of rotatable bonds is 10. The average molecular weight is 426 g/mol. The van der Waals surface area contributed by atoms with Crippen molar-refractivity contribution in [2.75, 3.05) is 19.8 Å². The van der Waals surface area contributed by atoms with Crippen molar-refractivity contribution < 1.29 is 28.6 Å². The van der Waals surface area contributed by atoms with Crippen LogP contribution in [0.25, 0.3) is 6.08 Å². The number of amides is 2. The molecule has 2 amide bonds. The van der Waals surface area contributed by atoms with E-state index in [1.165, 1.54) is 6.08 Å². The van der Waals surface area contributed by atoms with E-state index >= 15 is 0 Å². The summed E-state index contributed by atoms with van der Waals surface area (Å²) in [6.07, 6.45) is 3.66. The van der Waals surface area contributed by atoms with Gasteiger partial charge in [0.15, 0.2) is 6.61 Å². The number of benzene rings is 2. The van der Waals surface area contributed by atoms with Crippen molar-refractivity contribution in [1.82, 2.24) is 10.9 Å². The van der Waals surface area contributed by atoms with E-state index in [1.54, 1.807) is 42.5 Å². The summed E-state index contributed by atoms with van der Waals surface area (Å²) in [5, 5.41) is 0. The molecule has 0 heterocycles. The van der Waals surface area contributed by atoms with Crippen molar-refractivity contribution in [2.45, 2.75) is 20.3 Å². The Balaban J connectivity index is 1.71. The van der Waals surface area contributed by atoms with E-state index in [2.05, 4.69) is 10.9 Å². The number of hydrogen-bond acceptors (Lipinski definition) is 6. The molecule has 8 heteroatoms. The van der Waals surface area contributed by atoms with Gasteiger partial charge in [0.25, 0.3) is 11.8 Å². The molecule has 0 saturated carbocycles. The molecule has 0 aliphatic carbocycles. The Labute approximate surface area is 181 Å². The molecule has 0 unspecified atom stereocenters. The summed E-state index contributed by atoms with van der Waals surface area (Å²) < 4.78 is 15.7. The van der Waals surface area contributed by atoms with Gasteiger partial charge in [0.1, 0.15) is 11.5 Å². The third-order valence-electron chi connectivity index (χ3n) is 3.84. The molecular weight excluding hydrogens is 400 g/mol. The molecular formula is C23H26N2O6. The monoisotopic (exact) mass is 426 g/mol. The zero-order valence-corrected chi connectivity index (χ0v) is 17.6. The second-order valence-electron chi connectivity index (χ2n) is 6.32. The summed E-state index contributed by atoms with van der Waals surface area (Å²) in [5.74, 6) is -0.273. The van der Waals surface area contributed by atoms with Crippen LogP contribution in [0.5, 0.6) is 11.5 Å². The Bertz CT molecular complexity index is 891. The highest BCUT2D eigenvalue weighted by atomic mass is 16.5. The van der Waals surface area contributed by atoms with Gasteiger partial charge in [-0.1, -0.05) is 19.1 Å². The first-order valence-electron chi connectivity index (χ1n) is 9.91. The third-order valence-corrected chi connectivity index (χ3v) is 3.84. The number of carbonyl (C=O) groups excluding carboxylic acids is 3. The largest absolute Gasteiger partial charge is 0.494 e. The Hall–Kier alpha value is -3.81. The first kappa shape index (κ1) is 23.5. The van der Waals surface area contributed by atoms with E-state index in [-0.39, 0.29) is 6.61 Å². The van der Waals surface area contributed by atoms with Crippen LogP contribution in [0.15, 0.2) is 54.6 Å². The van der Waals surface area contributed by atoms with Crippen LogP contribution in [0.1, 0.15) is 36.2 Å². The maximum atomic E-state index is 11.8. The lowest BCUT2D eigenvalue weighted by Crippen LogP contribution is -2.43. The molecule has 0 aliphatic rings. The summed E-state index contributed by atoms with van der Waals surface area (Å²) in [5.41, 5.74) is 5.75. The van der Waals surface area contributed by atoms with Crippen LogP contribution in [-0.2, 0) is 14.3 Å². The molecule has 0 aliphatic heterocycles. The van der Waals surface area contributed by atoms with Gasteiger partial charge < -0.3 is 14.2 Å². The molecule has 0 atom stereocenters. The normalized spacial score (nSPS) is 10.4. The molecule has 31 heavy (non-hydrogen) atoms. The third kappa shape index (κ3) is 8.61. The van der Waals surface area contributed by atoms with Gasteiger partial charge in [-0.2, -0.15) is 0 Å². The zero-order valence-electron chi connectivity index (χ0n) is 17.6. The first-order valence-corrected chi connectivity index (χ1v) is 9.91. The molecule has 0 saturated heterocycles. The highest BCUT2D eigenvalue weighted by molar-refractivity contribution is 5.93. The highest BCUT2D eigenvalue weighted by Crippen LogP contribution is 2.14. The molecule has 164 valence electrons. The number of nitrogens with one attached hydrogen (secondary N) is 2. The minimum absolute atomic E-state index is 0.303. The Kier molecular flexibility index (Phi) is 9.61. The van der Waals surface area contributed by atoms with Gasteiger partial charge in [0.2, 0.25) is 0 Å². The topological polar surface area (TPSA) is 103 Å². The lowest BCUT2D eigenvalue weighted by atomic mass is 10.2. The Morgan fingerprint density at radius 1 is 0.871 bits per heavy atom. The second kappa shape index (κ2) is 12.7.